The molecule has 10 heavy (non-hydrogen) atoms. The third kappa shape index (κ3) is 1.94. The van der Waals surface area contributed by atoms with Crippen molar-refractivity contribution in [3.05, 3.63) is 0 Å². The lowest BCUT2D eigenvalue weighted by atomic mass is 9.92. The summed E-state index contributed by atoms with van der Waals surface area (Å²) >= 11 is 0. The van der Waals surface area contributed by atoms with Crippen molar-refractivity contribution in [1.29, 1.82) is 0 Å². The summed E-state index contributed by atoms with van der Waals surface area (Å²) in [6.45, 7) is 3.93. The second kappa shape index (κ2) is 3.91. The first-order valence-electron chi connectivity index (χ1n) is 4.19. The average Bonchev–Trinajstić information content (AvgIpc) is 2.05. The number of rotatable bonds is 2. The number of alkyl halides is 1. The highest BCUT2D eigenvalue weighted by Crippen LogP contribution is 2.20. The van der Waals surface area contributed by atoms with Crippen LogP contribution < -0.4 is 5.32 Å². The SMILES string of the molecule is CC[C@@H](F)C1CCNCC1. The van der Waals surface area contributed by atoms with E-state index in [2.05, 4.69) is 5.32 Å². The second-order valence-electron chi connectivity index (χ2n) is 3.01. The molecule has 0 aromatic carbocycles. The van der Waals surface area contributed by atoms with Crippen molar-refractivity contribution >= 4 is 0 Å². The number of halogens is 1. The summed E-state index contributed by atoms with van der Waals surface area (Å²) in [6.07, 6.45) is 2.18. The maximum atomic E-state index is 13.0. The van der Waals surface area contributed by atoms with Crippen LogP contribution in [0.2, 0.25) is 0 Å². The molecule has 0 aliphatic carbocycles. The predicted octanol–water partition coefficient (Wildman–Crippen LogP) is 1.73. The first kappa shape index (κ1) is 7.99. The van der Waals surface area contributed by atoms with E-state index in [0.29, 0.717) is 12.3 Å². The van der Waals surface area contributed by atoms with Crippen LogP contribution in [-0.2, 0) is 0 Å². The highest BCUT2D eigenvalue weighted by Gasteiger charge is 2.20. The summed E-state index contributed by atoms with van der Waals surface area (Å²) in [6, 6.07) is 0. The summed E-state index contributed by atoms with van der Waals surface area (Å²) in [7, 11) is 0. The van der Waals surface area contributed by atoms with Crippen LogP contribution in [0.5, 0.6) is 0 Å². The molecule has 1 N–H and O–H groups in total. The fourth-order valence-corrected chi connectivity index (χ4v) is 1.54. The van der Waals surface area contributed by atoms with Crippen molar-refractivity contribution in [3.8, 4) is 0 Å². The van der Waals surface area contributed by atoms with Crippen molar-refractivity contribution in [2.24, 2.45) is 5.92 Å². The van der Waals surface area contributed by atoms with Gasteiger partial charge in [0, 0.05) is 0 Å². The quantitative estimate of drug-likeness (QED) is 0.624. The highest BCUT2D eigenvalue weighted by atomic mass is 19.1. The van der Waals surface area contributed by atoms with Gasteiger partial charge >= 0.3 is 0 Å². The van der Waals surface area contributed by atoms with Crippen LogP contribution in [0.25, 0.3) is 0 Å². The van der Waals surface area contributed by atoms with E-state index in [9.17, 15) is 4.39 Å². The summed E-state index contributed by atoms with van der Waals surface area (Å²) in [5.74, 6) is 0.339. The van der Waals surface area contributed by atoms with Gasteiger partial charge in [-0.05, 0) is 38.3 Å². The predicted molar refractivity (Wildman–Crippen MR) is 40.8 cm³/mol. The smallest absolute Gasteiger partial charge is 0.103 e. The summed E-state index contributed by atoms with van der Waals surface area (Å²) < 4.78 is 13.0. The maximum Gasteiger partial charge on any atom is 0.103 e. The third-order valence-corrected chi connectivity index (χ3v) is 2.29. The van der Waals surface area contributed by atoms with Gasteiger partial charge in [0.05, 0.1) is 0 Å². The third-order valence-electron chi connectivity index (χ3n) is 2.29. The Morgan fingerprint density at radius 1 is 1.50 bits per heavy atom. The molecule has 1 heterocycles. The molecule has 0 spiro atoms. The zero-order chi connectivity index (χ0) is 7.40. The van der Waals surface area contributed by atoms with Crippen LogP contribution in [0.3, 0.4) is 0 Å². The van der Waals surface area contributed by atoms with Crippen molar-refractivity contribution in [2.75, 3.05) is 13.1 Å². The molecule has 60 valence electrons. The first-order valence-corrected chi connectivity index (χ1v) is 4.19. The lowest BCUT2D eigenvalue weighted by Crippen LogP contribution is -2.32. The Morgan fingerprint density at radius 3 is 2.60 bits per heavy atom. The van der Waals surface area contributed by atoms with Crippen LogP contribution in [0, 0.1) is 5.92 Å². The van der Waals surface area contributed by atoms with E-state index >= 15 is 0 Å². The lowest BCUT2D eigenvalue weighted by molar-refractivity contribution is 0.183. The molecule has 0 unspecified atom stereocenters. The molecule has 1 nitrogen and oxygen atoms in total. The van der Waals surface area contributed by atoms with Crippen LogP contribution >= 0.6 is 0 Å². The Morgan fingerprint density at radius 2 is 2.10 bits per heavy atom. The minimum atomic E-state index is -0.554. The molecule has 1 aliphatic rings. The molecule has 0 saturated carbocycles. The molecular weight excluding hydrogens is 129 g/mol. The highest BCUT2D eigenvalue weighted by molar-refractivity contribution is 4.74. The second-order valence-corrected chi connectivity index (χ2v) is 3.01. The monoisotopic (exact) mass is 145 g/mol. The van der Waals surface area contributed by atoms with Crippen molar-refractivity contribution in [2.45, 2.75) is 32.4 Å². The Balaban J connectivity index is 2.24. The van der Waals surface area contributed by atoms with Crippen molar-refractivity contribution in [3.63, 3.8) is 0 Å². The zero-order valence-electron chi connectivity index (χ0n) is 6.57. The molecule has 1 saturated heterocycles. The summed E-state index contributed by atoms with van der Waals surface area (Å²) in [5.41, 5.74) is 0. The van der Waals surface area contributed by atoms with Gasteiger partial charge < -0.3 is 5.32 Å². The number of nitrogens with one attached hydrogen (secondary N) is 1. The van der Waals surface area contributed by atoms with Gasteiger partial charge in [-0.15, -0.1) is 0 Å². The number of hydrogen-bond acceptors (Lipinski definition) is 1. The van der Waals surface area contributed by atoms with Crippen LogP contribution in [0.1, 0.15) is 26.2 Å². The van der Waals surface area contributed by atoms with E-state index in [0.717, 1.165) is 25.9 Å². The van der Waals surface area contributed by atoms with E-state index in [-0.39, 0.29) is 0 Å². The van der Waals surface area contributed by atoms with E-state index < -0.39 is 6.17 Å². The standard InChI is InChI=1S/C8H16FN/c1-2-8(9)7-3-5-10-6-4-7/h7-8,10H,2-6H2,1H3/t8-/m1/s1. The van der Waals surface area contributed by atoms with Crippen LogP contribution in [0.4, 0.5) is 4.39 Å². The fraction of sp³-hybridized carbons (Fsp3) is 1.00. The number of hydrogen-bond donors (Lipinski definition) is 1. The van der Waals surface area contributed by atoms with Gasteiger partial charge in [-0.25, -0.2) is 4.39 Å². The molecule has 0 aromatic heterocycles. The van der Waals surface area contributed by atoms with E-state index in [1.165, 1.54) is 0 Å². The van der Waals surface area contributed by atoms with Gasteiger partial charge in [0.2, 0.25) is 0 Å². The minimum absolute atomic E-state index is 0.339. The molecule has 1 rings (SSSR count). The van der Waals surface area contributed by atoms with Crippen molar-refractivity contribution in [1.82, 2.24) is 5.32 Å². The topological polar surface area (TPSA) is 12.0 Å². The fourth-order valence-electron chi connectivity index (χ4n) is 1.54. The normalized spacial score (nSPS) is 24.6. The molecule has 1 fully saturated rings. The number of piperidine rings is 1. The van der Waals surface area contributed by atoms with Crippen molar-refractivity contribution < 1.29 is 4.39 Å². The van der Waals surface area contributed by atoms with E-state index in [4.69, 9.17) is 0 Å². The first-order chi connectivity index (χ1) is 4.84. The molecule has 0 aromatic rings. The largest absolute Gasteiger partial charge is 0.317 e. The molecule has 2 heteroatoms. The average molecular weight is 145 g/mol. The maximum absolute atomic E-state index is 13.0. The zero-order valence-corrected chi connectivity index (χ0v) is 6.57. The van der Waals surface area contributed by atoms with Gasteiger partial charge in [-0.1, -0.05) is 6.92 Å². The van der Waals surface area contributed by atoms with Crippen LogP contribution in [-0.4, -0.2) is 19.3 Å². The molecular formula is C8H16FN. The molecule has 1 atom stereocenters. The lowest BCUT2D eigenvalue weighted by Gasteiger charge is -2.24. The Labute approximate surface area is 62.0 Å². The molecule has 0 bridgehead atoms. The van der Waals surface area contributed by atoms with Gasteiger partial charge in [0.1, 0.15) is 6.17 Å². The van der Waals surface area contributed by atoms with Gasteiger partial charge in [0.25, 0.3) is 0 Å². The Bertz CT molecular complexity index is 89.3. The van der Waals surface area contributed by atoms with Gasteiger partial charge in [-0.3, -0.25) is 0 Å². The molecule has 0 radical (unpaired) electrons. The van der Waals surface area contributed by atoms with Gasteiger partial charge in [0.15, 0.2) is 0 Å². The van der Waals surface area contributed by atoms with Gasteiger partial charge in [-0.2, -0.15) is 0 Å². The Kier molecular flexibility index (Phi) is 3.13. The molecule has 0 amide bonds. The minimum Gasteiger partial charge on any atom is -0.317 e. The molecule has 1 aliphatic heterocycles. The van der Waals surface area contributed by atoms with E-state index in [1.54, 1.807) is 0 Å². The van der Waals surface area contributed by atoms with Crippen LogP contribution in [0.15, 0.2) is 0 Å². The Hall–Kier alpha value is -0.110. The summed E-state index contributed by atoms with van der Waals surface area (Å²) in [5, 5.41) is 3.23. The van der Waals surface area contributed by atoms with E-state index in [1.807, 2.05) is 6.92 Å². The summed E-state index contributed by atoms with van der Waals surface area (Å²) in [4.78, 5) is 0.